The van der Waals surface area contributed by atoms with Gasteiger partial charge in [0.15, 0.2) is 0 Å². The fraction of sp³-hybridized carbons (Fsp3) is 0.647. The second-order valence-electron chi connectivity index (χ2n) is 6.17. The number of hydrogen-bond acceptors (Lipinski definition) is 2. The maximum atomic E-state index is 6.12. The minimum Gasteiger partial charge on any atom is -0.493 e. The Morgan fingerprint density at radius 1 is 1.10 bits per heavy atom. The van der Waals surface area contributed by atoms with Gasteiger partial charge in [0, 0.05) is 24.0 Å². The number of fused-ring (bicyclic) bond motifs is 1. The molecule has 1 aliphatic heterocycles. The first-order valence-electron chi connectivity index (χ1n) is 7.70. The Balaban J connectivity index is 1.65. The van der Waals surface area contributed by atoms with Crippen LogP contribution in [0.2, 0.25) is 0 Å². The Kier molecular flexibility index (Phi) is 4.67. The SMILES string of the molecule is BrCC1(COc2ccc3c(c2)CCCC3)CCOCC1. The van der Waals surface area contributed by atoms with Crippen LogP contribution in [0.1, 0.15) is 36.8 Å². The third kappa shape index (κ3) is 3.20. The van der Waals surface area contributed by atoms with Gasteiger partial charge in [0.1, 0.15) is 5.75 Å². The predicted molar refractivity (Wildman–Crippen MR) is 84.9 cm³/mol. The molecular weight excluding hydrogens is 316 g/mol. The fourth-order valence-electron chi connectivity index (χ4n) is 3.16. The summed E-state index contributed by atoms with van der Waals surface area (Å²) < 4.78 is 11.6. The molecule has 3 rings (SSSR count). The quantitative estimate of drug-likeness (QED) is 0.768. The van der Waals surface area contributed by atoms with Crippen molar-refractivity contribution in [1.82, 2.24) is 0 Å². The van der Waals surface area contributed by atoms with Crippen LogP contribution >= 0.6 is 15.9 Å². The van der Waals surface area contributed by atoms with Crippen LogP contribution in [0.3, 0.4) is 0 Å². The summed E-state index contributed by atoms with van der Waals surface area (Å²) in [4.78, 5) is 0. The van der Waals surface area contributed by atoms with Crippen molar-refractivity contribution in [2.24, 2.45) is 5.41 Å². The molecule has 2 nitrogen and oxygen atoms in total. The Hall–Kier alpha value is -0.540. The third-order valence-electron chi connectivity index (χ3n) is 4.70. The Morgan fingerprint density at radius 3 is 2.60 bits per heavy atom. The smallest absolute Gasteiger partial charge is 0.119 e. The summed E-state index contributed by atoms with van der Waals surface area (Å²) >= 11 is 3.67. The zero-order chi connectivity index (χ0) is 13.8. The number of halogens is 1. The highest BCUT2D eigenvalue weighted by atomic mass is 79.9. The van der Waals surface area contributed by atoms with Gasteiger partial charge in [-0.15, -0.1) is 0 Å². The molecule has 0 N–H and O–H groups in total. The molecule has 1 aromatic rings. The van der Waals surface area contributed by atoms with Gasteiger partial charge in [-0.25, -0.2) is 0 Å². The van der Waals surface area contributed by atoms with E-state index in [9.17, 15) is 0 Å². The lowest BCUT2D eigenvalue weighted by Crippen LogP contribution is -2.36. The molecule has 1 aliphatic carbocycles. The number of hydrogen-bond donors (Lipinski definition) is 0. The number of benzene rings is 1. The van der Waals surface area contributed by atoms with Crippen LogP contribution in [0.5, 0.6) is 5.75 Å². The molecule has 0 spiro atoms. The molecule has 0 radical (unpaired) electrons. The zero-order valence-corrected chi connectivity index (χ0v) is 13.6. The summed E-state index contributed by atoms with van der Waals surface area (Å²) in [5, 5.41) is 0.994. The van der Waals surface area contributed by atoms with Crippen LogP contribution in [0.15, 0.2) is 18.2 Å². The van der Waals surface area contributed by atoms with E-state index in [1.165, 1.54) is 36.8 Å². The molecule has 0 aromatic heterocycles. The minimum absolute atomic E-state index is 0.244. The summed E-state index contributed by atoms with van der Waals surface area (Å²) in [6.07, 6.45) is 7.27. The van der Waals surface area contributed by atoms with Crippen molar-refractivity contribution in [3.63, 3.8) is 0 Å². The molecule has 2 aliphatic rings. The predicted octanol–water partition coefficient (Wildman–Crippen LogP) is 4.14. The van der Waals surface area contributed by atoms with E-state index in [2.05, 4.69) is 34.1 Å². The van der Waals surface area contributed by atoms with Gasteiger partial charge in [-0.2, -0.15) is 0 Å². The molecule has 0 bridgehead atoms. The maximum Gasteiger partial charge on any atom is 0.119 e. The number of aryl methyl sites for hydroxylation is 2. The molecule has 20 heavy (non-hydrogen) atoms. The number of alkyl halides is 1. The Labute approximate surface area is 130 Å². The minimum atomic E-state index is 0.244. The average molecular weight is 339 g/mol. The molecule has 110 valence electrons. The first-order chi connectivity index (χ1) is 9.81. The largest absolute Gasteiger partial charge is 0.493 e. The van der Waals surface area contributed by atoms with Crippen LogP contribution < -0.4 is 4.74 Å². The van der Waals surface area contributed by atoms with Gasteiger partial charge < -0.3 is 9.47 Å². The van der Waals surface area contributed by atoms with Crippen LogP contribution in [0.4, 0.5) is 0 Å². The first-order valence-corrected chi connectivity index (χ1v) is 8.82. The average Bonchev–Trinajstić information content (AvgIpc) is 2.54. The van der Waals surface area contributed by atoms with Crippen LogP contribution in [-0.4, -0.2) is 25.2 Å². The molecular formula is C17H23BrO2. The molecule has 1 heterocycles. The highest BCUT2D eigenvalue weighted by Crippen LogP contribution is 2.34. The van der Waals surface area contributed by atoms with Gasteiger partial charge in [0.2, 0.25) is 0 Å². The van der Waals surface area contributed by atoms with E-state index in [1.807, 2.05) is 0 Å². The Bertz CT molecular complexity index is 452. The van der Waals surface area contributed by atoms with E-state index in [0.717, 1.165) is 43.7 Å². The van der Waals surface area contributed by atoms with Crippen molar-refractivity contribution in [2.75, 3.05) is 25.2 Å². The second-order valence-corrected chi connectivity index (χ2v) is 6.73. The van der Waals surface area contributed by atoms with E-state index in [-0.39, 0.29) is 5.41 Å². The van der Waals surface area contributed by atoms with Gasteiger partial charge in [0.05, 0.1) is 6.61 Å². The van der Waals surface area contributed by atoms with Crippen LogP contribution in [0, 0.1) is 5.41 Å². The van der Waals surface area contributed by atoms with Gasteiger partial charge >= 0.3 is 0 Å². The first kappa shape index (κ1) is 14.4. The monoisotopic (exact) mass is 338 g/mol. The van der Waals surface area contributed by atoms with E-state index in [4.69, 9.17) is 9.47 Å². The lowest BCUT2D eigenvalue weighted by molar-refractivity contribution is 0.00353. The van der Waals surface area contributed by atoms with Gasteiger partial charge in [0.25, 0.3) is 0 Å². The number of ether oxygens (including phenoxy) is 2. The zero-order valence-electron chi connectivity index (χ0n) is 12.0. The van der Waals surface area contributed by atoms with Crippen molar-refractivity contribution in [1.29, 1.82) is 0 Å². The van der Waals surface area contributed by atoms with Crippen molar-refractivity contribution >= 4 is 15.9 Å². The summed E-state index contributed by atoms with van der Waals surface area (Å²) in [5.41, 5.74) is 3.26. The molecule has 3 heteroatoms. The van der Waals surface area contributed by atoms with E-state index < -0.39 is 0 Å². The highest BCUT2D eigenvalue weighted by Gasteiger charge is 2.32. The van der Waals surface area contributed by atoms with Crippen molar-refractivity contribution < 1.29 is 9.47 Å². The summed E-state index contributed by atoms with van der Waals surface area (Å²) in [7, 11) is 0. The molecule has 0 saturated carbocycles. The highest BCUT2D eigenvalue weighted by molar-refractivity contribution is 9.09. The lowest BCUT2D eigenvalue weighted by atomic mass is 9.83. The summed E-state index contributed by atoms with van der Waals surface area (Å²) in [6.45, 7) is 2.51. The van der Waals surface area contributed by atoms with Crippen molar-refractivity contribution in [3.05, 3.63) is 29.3 Å². The Morgan fingerprint density at radius 2 is 1.85 bits per heavy atom. The van der Waals surface area contributed by atoms with Crippen molar-refractivity contribution in [3.8, 4) is 5.75 Å². The maximum absolute atomic E-state index is 6.12. The summed E-state index contributed by atoms with van der Waals surface area (Å²) in [6, 6.07) is 6.66. The third-order valence-corrected chi connectivity index (χ3v) is 5.89. The van der Waals surface area contributed by atoms with E-state index >= 15 is 0 Å². The van der Waals surface area contributed by atoms with Gasteiger partial charge in [-0.1, -0.05) is 22.0 Å². The molecule has 1 saturated heterocycles. The number of rotatable bonds is 4. The normalized spacial score (nSPS) is 21.2. The van der Waals surface area contributed by atoms with E-state index in [1.54, 1.807) is 0 Å². The van der Waals surface area contributed by atoms with Gasteiger partial charge in [-0.3, -0.25) is 0 Å². The standard InChI is InChI=1S/C17H23BrO2/c18-12-17(7-9-19-10-8-17)13-20-16-6-5-14-3-1-2-4-15(14)11-16/h5-6,11H,1-4,7-10,12-13H2. The fourth-order valence-corrected chi connectivity index (χ4v) is 3.88. The molecule has 0 amide bonds. The molecule has 0 atom stereocenters. The molecule has 1 fully saturated rings. The molecule has 1 aromatic carbocycles. The lowest BCUT2D eigenvalue weighted by Gasteiger charge is -2.35. The second kappa shape index (κ2) is 6.48. The topological polar surface area (TPSA) is 18.5 Å². The van der Waals surface area contributed by atoms with Crippen LogP contribution in [0.25, 0.3) is 0 Å². The van der Waals surface area contributed by atoms with Crippen LogP contribution in [-0.2, 0) is 17.6 Å². The molecule has 0 unspecified atom stereocenters. The van der Waals surface area contributed by atoms with E-state index in [0.29, 0.717) is 0 Å². The summed E-state index contributed by atoms with van der Waals surface area (Å²) in [5.74, 6) is 1.04. The van der Waals surface area contributed by atoms with Gasteiger partial charge in [-0.05, 0) is 61.8 Å². The van der Waals surface area contributed by atoms with Crippen molar-refractivity contribution in [2.45, 2.75) is 38.5 Å².